The number of carbonyl (C=O) groups is 1. The number of nitrogens with zero attached hydrogens (tertiary/aromatic N) is 1. The van der Waals surface area contributed by atoms with E-state index < -0.39 is 0 Å². The van der Waals surface area contributed by atoms with Crippen molar-refractivity contribution in [1.29, 1.82) is 0 Å². The van der Waals surface area contributed by atoms with Crippen molar-refractivity contribution in [3.63, 3.8) is 0 Å². The summed E-state index contributed by atoms with van der Waals surface area (Å²) in [4.78, 5) is 19.6. The third kappa shape index (κ3) is 2.45. The number of aromatic nitrogens is 2. The van der Waals surface area contributed by atoms with Gasteiger partial charge in [-0.1, -0.05) is 12.1 Å². The number of carbonyl (C=O) groups excluding carboxylic acids is 1. The number of aromatic amines is 1. The zero-order valence-corrected chi connectivity index (χ0v) is 11.8. The first-order chi connectivity index (χ1) is 10.0. The van der Waals surface area contributed by atoms with Crippen molar-refractivity contribution >= 4 is 22.6 Å². The van der Waals surface area contributed by atoms with Crippen molar-refractivity contribution in [2.24, 2.45) is 0 Å². The molecule has 106 valence electrons. The van der Waals surface area contributed by atoms with Gasteiger partial charge in [0.2, 0.25) is 0 Å². The number of rotatable bonds is 2. The molecule has 3 N–H and O–H groups in total. The highest BCUT2D eigenvalue weighted by molar-refractivity contribution is 6.04. The molecule has 3 aromatic rings. The lowest BCUT2D eigenvalue weighted by Crippen LogP contribution is -2.15. The van der Waals surface area contributed by atoms with Crippen molar-refractivity contribution < 1.29 is 9.90 Å². The Morgan fingerprint density at radius 3 is 2.52 bits per heavy atom. The van der Waals surface area contributed by atoms with Gasteiger partial charge in [0.05, 0.1) is 11.0 Å². The largest absolute Gasteiger partial charge is 0.508 e. The second kappa shape index (κ2) is 4.94. The summed E-state index contributed by atoms with van der Waals surface area (Å²) in [6.45, 7) is 3.67. The smallest absolute Gasteiger partial charge is 0.291 e. The van der Waals surface area contributed by atoms with Crippen LogP contribution < -0.4 is 5.32 Å². The minimum Gasteiger partial charge on any atom is -0.508 e. The minimum atomic E-state index is -0.303. The van der Waals surface area contributed by atoms with E-state index in [1.807, 2.05) is 38.1 Å². The minimum absolute atomic E-state index is 0.187. The van der Waals surface area contributed by atoms with Crippen molar-refractivity contribution in [2.75, 3.05) is 5.32 Å². The van der Waals surface area contributed by atoms with E-state index >= 15 is 0 Å². The fourth-order valence-electron chi connectivity index (χ4n) is 2.37. The maximum absolute atomic E-state index is 12.3. The number of fused-ring (bicyclic) bond motifs is 1. The van der Waals surface area contributed by atoms with Crippen LogP contribution in [0.2, 0.25) is 0 Å². The highest BCUT2D eigenvalue weighted by Gasteiger charge is 2.14. The van der Waals surface area contributed by atoms with E-state index in [0.717, 1.165) is 22.2 Å². The van der Waals surface area contributed by atoms with Gasteiger partial charge >= 0.3 is 0 Å². The van der Waals surface area contributed by atoms with Crippen molar-refractivity contribution in [3.8, 4) is 5.75 Å². The molecule has 0 unspecified atom stereocenters. The normalized spacial score (nSPS) is 10.8. The van der Waals surface area contributed by atoms with Gasteiger partial charge in [-0.25, -0.2) is 4.98 Å². The Kier molecular flexibility index (Phi) is 3.10. The van der Waals surface area contributed by atoms with Gasteiger partial charge in [-0.2, -0.15) is 0 Å². The highest BCUT2D eigenvalue weighted by atomic mass is 16.3. The van der Waals surface area contributed by atoms with Crippen LogP contribution >= 0.6 is 0 Å². The molecule has 2 aromatic carbocycles. The van der Waals surface area contributed by atoms with Crippen LogP contribution in [-0.2, 0) is 0 Å². The summed E-state index contributed by atoms with van der Waals surface area (Å²) in [6, 6.07) is 10.7. The molecule has 1 amide bonds. The lowest BCUT2D eigenvalue weighted by atomic mass is 10.1. The summed E-state index contributed by atoms with van der Waals surface area (Å²) in [6.07, 6.45) is 0. The van der Waals surface area contributed by atoms with E-state index in [-0.39, 0.29) is 17.5 Å². The number of imidazole rings is 1. The molecule has 0 bridgehead atoms. The van der Waals surface area contributed by atoms with E-state index in [2.05, 4.69) is 15.3 Å². The number of nitrogens with one attached hydrogen (secondary N) is 2. The molecule has 0 aliphatic heterocycles. The molecule has 0 radical (unpaired) electrons. The van der Waals surface area contributed by atoms with E-state index in [1.165, 1.54) is 0 Å². The number of amides is 1. The number of aromatic hydroxyl groups is 1. The van der Waals surface area contributed by atoms with Crippen LogP contribution in [0.1, 0.15) is 21.7 Å². The number of hydrogen-bond acceptors (Lipinski definition) is 3. The van der Waals surface area contributed by atoms with Gasteiger partial charge in [-0.15, -0.1) is 0 Å². The Hall–Kier alpha value is -2.82. The molecule has 0 spiro atoms. The second-order valence-corrected chi connectivity index (χ2v) is 5.01. The summed E-state index contributed by atoms with van der Waals surface area (Å²) >= 11 is 0. The fourth-order valence-corrected chi connectivity index (χ4v) is 2.37. The third-order valence-corrected chi connectivity index (χ3v) is 3.36. The molecule has 1 aromatic heterocycles. The summed E-state index contributed by atoms with van der Waals surface area (Å²) < 4.78 is 0. The van der Waals surface area contributed by atoms with Crippen LogP contribution in [0.3, 0.4) is 0 Å². The molecular weight excluding hydrogens is 266 g/mol. The maximum atomic E-state index is 12.3. The number of aryl methyl sites for hydroxylation is 2. The average molecular weight is 281 g/mol. The molecule has 0 saturated carbocycles. The van der Waals surface area contributed by atoms with E-state index in [9.17, 15) is 9.90 Å². The first-order valence-electron chi connectivity index (χ1n) is 6.61. The Morgan fingerprint density at radius 2 is 1.86 bits per heavy atom. The molecular formula is C16H15N3O2. The second-order valence-electron chi connectivity index (χ2n) is 5.01. The molecule has 0 saturated heterocycles. The summed E-state index contributed by atoms with van der Waals surface area (Å²) in [5.41, 5.74) is 3.87. The maximum Gasteiger partial charge on any atom is 0.291 e. The number of anilines is 1. The van der Waals surface area contributed by atoms with Crippen LogP contribution in [0, 0.1) is 13.8 Å². The van der Waals surface area contributed by atoms with Crippen molar-refractivity contribution in [2.45, 2.75) is 13.8 Å². The van der Waals surface area contributed by atoms with E-state index in [4.69, 9.17) is 0 Å². The van der Waals surface area contributed by atoms with Crippen molar-refractivity contribution in [1.82, 2.24) is 9.97 Å². The van der Waals surface area contributed by atoms with Crippen LogP contribution in [0.5, 0.6) is 5.75 Å². The summed E-state index contributed by atoms with van der Waals surface area (Å²) in [7, 11) is 0. The van der Waals surface area contributed by atoms with Gasteiger partial charge in [0.1, 0.15) is 5.75 Å². The number of para-hydroxylation sites is 2. The van der Waals surface area contributed by atoms with E-state index in [0.29, 0.717) is 5.69 Å². The Morgan fingerprint density at radius 1 is 1.19 bits per heavy atom. The molecule has 3 rings (SSSR count). The zero-order valence-electron chi connectivity index (χ0n) is 11.8. The zero-order chi connectivity index (χ0) is 15.0. The van der Waals surface area contributed by atoms with Gasteiger partial charge in [0.15, 0.2) is 5.82 Å². The molecule has 21 heavy (non-hydrogen) atoms. The highest BCUT2D eigenvalue weighted by Crippen LogP contribution is 2.25. The van der Waals surface area contributed by atoms with Gasteiger partial charge in [0.25, 0.3) is 5.91 Å². The monoisotopic (exact) mass is 281 g/mol. The molecule has 1 heterocycles. The summed E-state index contributed by atoms with van der Waals surface area (Å²) in [5, 5.41) is 12.4. The Bertz CT molecular complexity index is 780. The number of H-pyrrole nitrogens is 1. The van der Waals surface area contributed by atoms with Crippen molar-refractivity contribution in [3.05, 3.63) is 53.3 Å². The molecule has 0 fully saturated rings. The topological polar surface area (TPSA) is 78.0 Å². The Labute approximate surface area is 121 Å². The molecule has 0 aliphatic rings. The molecule has 0 atom stereocenters. The summed E-state index contributed by atoms with van der Waals surface area (Å²) in [5.74, 6) is 0.151. The predicted molar refractivity (Wildman–Crippen MR) is 81.6 cm³/mol. The molecule has 0 aliphatic carbocycles. The predicted octanol–water partition coefficient (Wildman–Crippen LogP) is 3.14. The van der Waals surface area contributed by atoms with Crippen LogP contribution in [0.4, 0.5) is 5.69 Å². The molecule has 5 heteroatoms. The number of phenolic OH excluding ortho intramolecular Hbond substituents is 1. The SMILES string of the molecule is Cc1cc(O)cc(C)c1NC(=O)c1nc2ccccc2[nH]1. The third-order valence-electron chi connectivity index (χ3n) is 3.36. The lowest BCUT2D eigenvalue weighted by molar-refractivity contribution is 0.101. The van der Waals surface area contributed by atoms with Gasteiger partial charge < -0.3 is 15.4 Å². The first kappa shape index (κ1) is 13.2. The number of benzene rings is 2. The lowest BCUT2D eigenvalue weighted by Gasteiger charge is -2.11. The fraction of sp³-hybridized carbons (Fsp3) is 0.125. The van der Waals surface area contributed by atoms with Crippen LogP contribution in [-0.4, -0.2) is 21.0 Å². The van der Waals surface area contributed by atoms with Gasteiger partial charge in [-0.3, -0.25) is 4.79 Å². The quantitative estimate of drug-likeness (QED) is 0.631. The molecule has 5 nitrogen and oxygen atoms in total. The first-order valence-corrected chi connectivity index (χ1v) is 6.61. The Balaban J connectivity index is 1.93. The van der Waals surface area contributed by atoms with E-state index in [1.54, 1.807) is 12.1 Å². The van der Waals surface area contributed by atoms with Crippen LogP contribution in [0.15, 0.2) is 36.4 Å². The van der Waals surface area contributed by atoms with Crippen LogP contribution in [0.25, 0.3) is 11.0 Å². The average Bonchev–Trinajstić information content (AvgIpc) is 2.86. The number of hydrogen-bond donors (Lipinski definition) is 3. The van der Waals surface area contributed by atoms with Gasteiger partial charge in [-0.05, 0) is 49.2 Å². The number of phenols is 1. The standard InChI is InChI=1S/C16H15N3O2/c1-9-7-11(20)8-10(2)14(9)19-16(21)15-17-12-5-3-4-6-13(12)18-15/h3-8,20H,1-2H3,(H,17,18)(H,19,21). The van der Waals surface area contributed by atoms with Gasteiger partial charge in [0, 0.05) is 5.69 Å².